The van der Waals surface area contributed by atoms with Crippen LogP contribution in [0.3, 0.4) is 0 Å². The van der Waals surface area contributed by atoms with Crippen LogP contribution in [-0.4, -0.2) is 37.0 Å². The first-order valence-corrected chi connectivity index (χ1v) is 10.1. The van der Waals surface area contributed by atoms with Gasteiger partial charge in [0.25, 0.3) is 5.91 Å². The van der Waals surface area contributed by atoms with E-state index < -0.39 is 5.63 Å². The van der Waals surface area contributed by atoms with Crippen molar-refractivity contribution in [1.29, 1.82) is 0 Å². The number of nitrogens with zero attached hydrogens (tertiary/aromatic N) is 2. The number of hydrogen-bond donors (Lipinski definition) is 0. The van der Waals surface area contributed by atoms with Crippen molar-refractivity contribution in [1.82, 2.24) is 4.90 Å². The molecule has 2 aromatic carbocycles. The topological polar surface area (TPSA) is 53.8 Å². The molecule has 1 saturated heterocycles. The molecule has 0 aliphatic carbocycles. The summed E-state index contributed by atoms with van der Waals surface area (Å²) in [6, 6.07) is 13.3. The molecule has 1 aromatic heterocycles. The van der Waals surface area contributed by atoms with E-state index in [9.17, 15) is 9.59 Å². The quantitative estimate of drug-likeness (QED) is 0.562. The molecule has 0 atom stereocenters. The van der Waals surface area contributed by atoms with Crippen molar-refractivity contribution >= 4 is 38.5 Å². The van der Waals surface area contributed by atoms with E-state index in [1.165, 1.54) is 16.8 Å². The Labute approximate surface area is 171 Å². The third-order valence-corrected chi connectivity index (χ3v) is 5.90. The van der Waals surface area contributed by atoms with E-state index in [0.29, 0.717) is 18.7 Å². The smallest absolute Gasteiger partial charge is 0.349 e. The summed E-state index contributed by atoms with van der Waals surface area (Å²) >= 11 is 3.41. The van der Waals surface area contributed by atoms with Gasteiger partial charge in [0.1, 0.15) is 11.1 Å². The second-order valence-corrected chi connectivity index (χ2v) is 8.04. The van der Waals surface area contributed by atoms with Gasteiger partial charge in [-0.05, 0) is 55.3 Å². The minimum absolute atomic E-state index is 0.0887. The number of carbonyl (C=O) groups is 1. The molecule has 4 rings (SSSR count). The zero-order valence-electron chi connectivity index (χ0n) is 15.9. The number of rotatable bonds is 2. The summed E-state index contributed by atoms with van der Waals surface area (Å²) in [4.78, 5) is 29.3. The third kappa shape index (κ3) is 3.44. The molecule has 5 nitrogen and oxygen atoms in total. The van der Waals surface area contributed by atoms with Gasteiger partial charge in [0.05, 0.1) is 0 Å². The third-order valence-electron chi connectivity index (χ3n) is 5.41. The Morgan fingerprint density at radius 3 is 2.54 bits per heavy atom. The maximum Gasteiger partial charge on any atom is 0.349 e. The molecule has 0 radical (unpaired) electrons. The van der Waals surface area contributed by atoms with Gasteiger partial charge in [0.15, 0.2) is 0 Å². The highest BCUT2D eigenvalue weighted by atomic mass is 79.9. The fourth-order valence-electron chi connectivity index (χ4n) is 3.64. The van der Waals surface area contributed by atoms with Gasteiger partial charge >= 0.3 is 5.63 Å². The van der Waals surface area contributed by atoms with Crippen LogP contribution in [0.1, 0.15) is 21.5 Å². The first-order chi connectivity index (χ1) is 13.4. The van der Waals surface area contributed by atoms with Crippen molar-refractivity contribution in [3.63, 3.8) is 0 Å². The molecule has 1 aliphatic rings. The number of piperazine rings is 1. The largest absolute Gasteiger partial charge is 0.422 e. The summed E-state index contributed by atoms with van der Waals surface area (Å²) in [7, 11) is 0. The van der Waals surface area contributed by atoms with Gasteiger partial charge in [0, 0.05) is 41.7 Å². The monoisotopic (exact) mass is 440 g/mol. The molecule has 1 fully saturated rings. The Bertz CT molecular complexity index is 1110. The molecule has 0 unspecified atom stereocenters. The number of hydrogen-bond acceptors (Lipinski definition) is 4. The highest BCUT2D eigenvalue weighted by Gasteiger charge is 2.25. The van der Waals surface area contributed by atoms with Crippen LogP contribution in [0.5, 0.6) is 0 Å². The first-order valence-electron chi connectivity index (χ1n) is 9.28. The number of amides is 1. The van der Waals surface area contributed by atoms with Crippen LogP contribution in [0.15, 0.2) is 56.1 Å². The molecule has 0 spiro atoms. The van der Waals surface area contributed by atoms with Gasteiger partial charge in [-0.2, -0.15) is 0 Å². The van der Waals surface area contributed by atoms with Gasteiger partial charge in [-0.3, -0.25) is 4.79 Å². The lowest BCUT2D eigenvalue weighted by molar-refractivity contribution is 0.0742. The van der Waals surface area contributed by atoms with E-state index in [2.05, 4.69) is 52.9 Å². The van der Waals surface area contributed by atoms with Crippen LogP contribution in [0, 0.1) is 13.8 Å². The predicted molar refractivity (Wildman–Crippen MR) is 114 cm³/mol. The van der Waals surface area contributed by atoms with Gasteiger partial charge in [-0.1, -0.05) is 28.1 Å². The Hall–Kier alpha value is -2.60. The fraction of sp³-hybridized carbons (Fsp3) is 0.273. The summed E-state index contributed by atoms with van der Waals surface area (Å²) in [5, 5.41) is 0.728. The average molecular weight is 441 g/mol. The SMILES string of the molecule is Cc1cccc(N2CCN(C(=O)c3cc4cc(Br)ccc4oc3=O)CC2)c1C. The van der Waals surface area contributed by atoms with E-state index in [1.807, 2.05) is 6.07 Å². The Balaban J connectivity index is 1.54. The summed E-state index contributed by atoms with van der Waals surface area (Å²) in [5.74, 6) is -0.267. The summed E-state index contributed by atoms with van der Waals surface area (Å²) in [6.07, 6.45) is 0. The van der Waals surface area contributed by atoms with Crippen LogP contribution in [0.2, 0.25) is 0 Å². The molecule has 28 heavy (non-hydrogen) atoms. The minimum atomic E-state index is -0.586. The summed E-state index contributed by atoms with van der Waals surface area (Å²) < 4.78 is 6.21. The zero-order valence-corrected chi connectivity index (χ0v) is 17.5. The predicted octanol–water partition coefficient (Wildman–Crippen LogP) is 4.13. The fourth-order valence-corrected chi connectivity index (χ4v) is 4.02. The Morgan fingerprint density at radius 2 is 1.79 bits per heavy atom. The number of anilines is 1. The lowest BCUT2D eigenvalue weighted by Crippen LogP contribution is -2.49. The first kappa shape index (κ1) is 18.7. The highest BCUT2D eigenvalue weighted by Crippen LogP contribution is 2.24. The van der Waals surface area contributed by atoms with E-state index in [4.69, 9.17) is 4.42 Å². The van der Waals surface area contributed by atoms with E-state index in [-0.39, 0.29) is 11.5 Å². The number of aryl methyl sites for hydroxylation is 1. The maximum absolute atomic E-state index is 12.9. The van der Waals surface area contributed by atoms with Crippen molar-refractivity contribution in [2.24, 2.45) is 0 Å². The number of benzene rings is 2. The normalized spacial score (nSPS) is 14.5. The molecule has 0 bridgehead atoms. The Kier molecular flexibility index (Phi) is 4.98. The van der Waals surface area contributed by atoms with Crippen LogP contribution < -0.4 is 10.5 Å². The van der Waals surface area contributed by atoms with Gasteiger partial charge in [-0.15, -0.1) is 0 Å². The van der Waals surface area contributed by atoms with Gasteiger partial charge in [0.2, 0.25) is 0 Å². The zero-order chi connectivity index (χ0) is 19.8. The maximum atomic E-state index is 12.9. The summed E-state index contributed by atoms with van der Waals surface area (Å²) in [6.45, 7) is 6.85. The lowest BCUT2D eigenvalue weighted by atomic mass is 10.1. The number of halogens is 1. The second-order valence-electron chi connectivity index (χ2n) is 7.13. The number of carbonyl (C=O) groups excluding carboxylic acids is 1. The lowest BCUT2D eigenvalue weighted by Gasteiger charge is -2.37. The van der Waals surface area contributed by atoms with Crippen molar-refractivity contribution in [2.45, 2.75) is 13.8 Å². The second kappa shape index (κ2) is 7.43. The molecular formula is C22H21BrN2O3. The minimum Gasteiger partial charge on any atom is -0.422 e. The highest BCUT2D eigenvalue weighted by molar-refractivity contribution is 9.10. The van der Waals surface area contributed by atoms with Crippen LogP contribution in [0.4, 0.5) is 5.69 Å². The Morgan fingerprint density at radius 1 is 1.04 bits per heavy atom. The van der Waals surface area contributed by atoms with E-state index >= 15 is 0 Å². The molecule has 0 saturated carbocycles. The molecule has 2 heterocycles. The van der Waals surface area contributed by atoms with Gasteiger partial charge < -0.3 is 14.2 Å². The van der Waals surface area contributed by atoms with Crippen LogP contribution in [0.25, 0.3) is 11.0 Å². The molecule has 6 heteroatoms. The molecule has 1 amide bonds. The molecule has 0 N–H and O–H groups in total. The van der Waals surface area contributed by atoms with Crippen molar-refractivity contribution in [3.8, 4) is 0 Å². The van der Waals surface area contributed by atoms with Gasteiger partial charge in [-0.25, -0.2) is 4.79 Å². The number of fused-ring (bicyclic) bond motifs is 1. The molecular weight excluding hydrogens is 420 g/mol. The average Bonchev–Trinajstić information content (AvgIpc) is 2.69. The summed E-state index contributed by atoms with van der Waals surface area (Å²) in [5.41, 5.74) is 3.72. The van der Waals surface area contributed by atoms with E-state index in [0.717, 1.165) is 22.9 Å². The molecule has 144 valence electrons. The molecule has 1 aliphatic heterocycles. The standard InChI is InChI=1S/C22H21BrN2O3/c1-14-4-3-5-19(15(14)2)24-8-10-25(11-9-24)21(26)18-13-16-12-17(23)6-7-20(16)28-22(18)27/h3-7,12-13H,8-11H2,1-2H3. The van der Waals surface area contributed by atoms with Crippen LogP contribution >= 0.6 is 15.9 Å². The van der Waals surface area contributed by atoms with E-state index in [1.54, 1.807) is 23.1 Å². The van der Waals surface area contributed by atoms with Crippen molar-refractivity contribution in [2.75, 3.05) is 31.1 Å². The van der Waals surface area contributed by atoms with Crippen LogP contribution in [-0.2, 0) is 0 Å². The van der Waals surface area contributed by atoms with Crippen molar-refractivity contribution < 1.29 is 9.21 Å². The van der Waals surface area contributed by atoms with Crippen molar-refractivity contribution in [3.05, 3.63) is 74.0 Å². The molecule has 3 aromatic rings.